The van der Waals surface area contributed by atoms with Crippen molar-refractivity contribution in [2.75, 3.05) is 0 Å². The molecule has 2 bridgehead atoms. The topological polar surface area (TPSA) is 0 Å². The molecule has 2 aliphatic carbocycles. The molecule has 96 valence electrons. The first-order valence-corrected chi connectivity index (χ1v) is 9.89. The summed E-state index contributed by atoms with van der Waals surface area (Å²) >= 11 is 0. The molecule has 0 amide bonds. The van der Waals surface area contributed by atoms with Gasteiger partial charge in [-0.1, -0.05) is 67.4 Å². The van der Waals surface area contributed by atoms with Crippen LogP contribution in [0.2, 0.25) is 11.6 Å². The van der Waals surface area contributed by atoms with E-state index in [-0.39, 0.29) is 0 Å². The molecule has 0 aliphatic heterocycles. The summed E-state index contributed by atoms with van der Waals surface area (Å²) in [5, 5.41) is 0. The average molecular weight is 256 g/mol. The van der Waals surface area contributed by atoms with E-state index in [0.29, 0.717) is 0 Å². The molecular formula is C17H24Si. The van der Waals surface area contributed by atoms with Gasteiger partial charge in [-0.05, 0) is 36.3 Å². The fraction of sp³-hybridized carbons (Fsp3) is 0.529. The van der Waals surface area contributed by atoms with Crippen LogP contribution >= 0.6 is 0 Å². The quantitative estimate of drug-likeness (QED) is 0.542. The normalized spacial score (nSPS) is 30.8. The van der Waals surface area contributed by atoms with E-state index in [1.54, 1.807) is 5.56 Å². The van der Waals surface area contributed by atoms with Crippen molar-refractivity contribution in [1.29, 1.82) is 0 Å². The molecule has 4 atom stereocenters. The van der Waals surface area contributed by atoms with Gasteiger partial charge in [0.15, 0.2) is 0 Å². The summed E-state index contributed by atoms with van der Waals surface area (Å²) in [6.07, 6.45) is 9.42. The number of rotatable bonds is 5. The number of hydrogen-bond donors (Lipinski definition) is 0. The lowest BCUT2D eigenvalue weighted by molar-refractivity contribution is 0.673. The van der Waals surface area contributed by atoms with Crippen LogP contribution in [0.15, 0.2) is 42.5 Å². The van der Waals surface area contributed by atoms with E-state index in [0.717, 1.165) is 17.4 Å². The summed E-state index contributed by atoms with van der Waals surface area (Å²) in [4.78, 5) is 0. The van der Waals surface area contributed by atoms with Gasteiger partial charge in [0.25, 0.3) is 0 Å². The van der Waals surface area contributed by atoms with E-state index in [4.69, 9.17) is 0 Å². The summed E-state index contributed by atoms with van der Waals surface area (Å²) in [5.74, 6) is 1.91. The number of benzene rings is 1. The predicted octanol–water partition coefficient (Wildman–Crippen LogP) is 4.37. The van der Waals surface area contributed by atoms with Gasteiger partial charge < -0.3 is 0 Å². The van der Waals surface area contributed by atoms with Crippen LogP contribution < -0.4 is 0 Å². The molecule has 0 radical (unpaired) electrons. The maximum absolute atomic E-state index is 2.54. The van der Waals surface area contributed by atoms with Gasteiger partial charge in [-0.25, -0.2) is 0 Å². The fourth-order valence-electron chi connectivity index (χ4n) is 4.12. The van der Waals surface area contributed by atoms with Crippen molar-refractivity contribution in [3.05, 3.63) is 48.0 Å². The average Bonchev–Trinajstić information content (AvgIpc) is 3.02. The minimum absolute atomic E-state index is 0.609. The summed E-state index contributed by atoms with van der Waals surface area (Å²) in [5.41, 5.74) is 2.69. The summed E-state index contributed by atoms with van der Waals surface area (Å²) < 4.78 is 0. The molecule has 1 aromatic carbocycles. The molecule has 4 unspecified atom stereocenters. The monoisotopic (exact) mass is 256 g/mol. The van der Waals surface area contributed by atoms with Crippen LogP contribution in [0.3, 0.4) is 0 Å². The molecule has 0 saturated heterocycles. The van der Waals surface area contributed by atoms with Crippen molar-refractivity contribution < 1.29 is 0 Å². The van der Waals surface area contributed by atoms with Crippen LogP contribution in [0.4, 0.5) is 0 Å². The molecule has 1 fully saturated rings. The molecule has 0 N–H and O–H groups in total. The Morgan fingerprint density at radius 1 is 1.11 bits per heavy atom. The van der Waals surface area contributed by atoms with Gasteiger partial charge in [-0.3, -0.25) is 0 Å². The molecule has 0 aromatic heterocycles. The molecule has 0 nitrogen and oxygen atoms in total. The standard InChI is InChI=1S/C17H24Si/c1-2-10-18(13-14-6-4-3-5-7-14)17-12-15-8-9-16(17)11-15/h3-9,15-18H,2,10-13H2,1H3. The third kappa shape index (κ3) is 2.47. The van der Waals surface area contributed by atoms with Crippen LogP contribution in [0, 0.1) is 11.8 Å². The van der Waals surface area contributed by atoms with Crippen molar-refractivity contribution in [1.82, 2.24) is 0 Å². The van der Waals surface area contributed by atoms with Gasteiger partial charge in [0.05, 0.1) is 0 Å². The third-order valence-corrected chi connectivity index (χ3v) is 9.23. The highest BCUT2D eigenvalue weighted by Gasteiger charge is 2.39. The Morgan fingerprint density at radius 3 is 2.56 bits per heavy atom. The van der Waals surface area contributed by atoms with Crippen molar-refractivity contribution in [2.24, 2.45) is 11.8 Å². The van der Waals surface area contributed by atoms with Crippen LogP contribution in [-0.4, -0.2) is 8.80 Å². The first kappa shape index (κ1) is 12.2. The number of hydrogen-bond acceptors (Lipinski definition) is 0. The zero-order chi connectivity index (χ0) is 12.4. The second-order valence-corrected chi connectivity index (χ2v) is 9.54. The number of allylic oxidation sites excluding steroid dienone is 2. The Bertz CT molecular complexity index is 409. The highest BCUT2D eigenvalue weighted by molar-refractivity contribution is 6.60. The zero-order valence-electron chi connectivity index (χ0n) is 11.4. The van der Waals surface area contributed by atoms with Crippen LogP contribution in [0.5, 0.6) is 0 Å². The highest BCUT2D eigenvalue weighted by Crippen LogP contribution is 2.49. The maximum atomic E-state index is 2.54. The third-order valence-electron chi connectivity index (χ3n) is 4.94. The second kappa shape index (κ2) is 5.44. The molecule has 0 spiro atoms. The molecule has 1 aromatic rings. The van der Waals surface area contributed by atoms with E-state index in [1.165, 1.54) is 31.4 Å². The second-order valence-electron chi connectivity index (χ2n) is 6.18. The lowest BCUT2D eigenvalue weighted by atomic mass is 10.1. The Labute approximate surface area is 113 Å². The first-order chi connectivity index (χ1) is 8.86. The van der Waals surface area contributed by atoms with E-state index < -0.39 is 8.80 Å². The molecule has 1 saturated carbocycles. The molecule has 1 heteroatoms. The van der Waals surface area contributed by atoms with Crippen molar-refractivity contribution >= 4 is 8.80 Å². The summed E-state index contributed by atoms with van der Waals surface area (Å²) in [6, 6.07) is 14.2. The lowest BCUT2D eigenvalue weighted by Gasteiger charge is -2.27. The predicted molar refractivity (Wildman–Crippen MR) is 81.5 cm³/mol. The van der Waals surface area contributed by atoms with Crippen molar-refractivity contribution in [3.63, 3.8) is 0 Å². The first-order valence-electron chi connectivity index (χ1n) is 7.59. The van der Waals surface area contributed by atoms with Crippen LogP contribution in [-0.2, 0) is 6.04 Å². The van der Waals surface area contributed by atoms with E-state index in [2.05, 4.69) is 49.4 Å². The Hall–Kier alpha value is -0.823. The smallest absolute Gasteiger partial charge is 0.0450 e. The maximum Gasteiger partial charge on any atom is 0.0450 e. The summed E-state index contributed by atoms with van der Waals surface area (Å²) in [7, 11) is -0.609. The molecule has 2 aliphatic rings. The SMILES string of the molecule is CCC[SiH](Cc1ccccc1)C1CC2C=CC1C2. The Morgan fingerprint density at radius 2 is 1.94 bits per heavy atom. The van der Waals surface area contributed by atoms with E-state index in [1.807, 2.05) is 0 Å². The lowest BCUT2D eigenvalue weighted by Crippen LogP contribution is -2.26. The van der Waals surface area contributed by atoms with E-state index >= 15 is 0 Å². The summed E-state index contributed by atoms with van der Waals surface area (Å²) in [6.45, 7) is 2.37. The van der Waals surface area contributed by atoms with Crippen molar-refractivity contribution in [3.8, 4) is 0 Å². The minimum Gasteiger partial charge on any atom is -0.0851 e. The molecular weight excluding hydrogens is 232 g/mol. The van der Waals surface area contributed by atoms with Crippen LogP contribution in [0.1, 0.15) is 31.7 Å². The van der Waals surface area contributed by atoms with Gasteiger partial charge in [0.2, 0.25) is 0 Å². The molecule has 0 heterocycles. The van der Waals surface area contributed by atoms with Gasteiger partial charge in [-0.2, -0.15) is 0 Å². The van der Waals surface area contributed by atoms with E-state index in [9.17, 15) is 0 Å². The Kier molecular flexibility index (Phi) is 3.69. The van der Waals surface area contributed by atoms with Gasteiger partial charge in [-0.15, -0.1) is 0 Å². The number of fused-ring (bicyclic) bond motifs is 2. The van der Waals surface area contributed by atoms with Crippen molar-refractivity contribution in [2.45, 2.75) is 43.8 Å². The Balaban J connectivity index is 1.70. The fourth-order valence-corrected chi connectivity index (χ4v) is 8.39. The molecule has 3 rings (SSSR count). The van der Waals surface area contributed by atoms with Gasteiger partial charge in [0, 0.05) is 8.80 Å². The largest absolute Gasteiger partial charge is 0.0851 e. The molecule has 18 heavy (non-hydrogen) atoms. The highest BCUT2D eigenvalue weighted by atomic mass is 28.3. The zero-order valence-corrected chi connectivity index (χ0v) is 12.5. The van der Waals surface area contributed by atoms with Gasteiger partial charge in [0.1, 0.15) is 0 Å². The minimum atomic E-state index is -0.609. The van der Waals surface area contributed by atoms with Gasteiger partial charge >= 0.3 is 0 Å². The van der Waals surface area contributed by atoms with Crippen LogP contribution in [0.25, 0.3) is 0 Å².